The van der Waals surface area contributed by atoms with Crippen molar-refractivity contribution in [1.82, 2.24) is 0 Å². The lowest BCUT2D eigenvalue weighted by Gasteiger charge is -2.02. The van der Waals surface area contributed by atoms with Crippen LogP contribution in [0.4, 0.5) is 5.69 Å². The van der Waals surface area contributed by atoms with E-state index in [1.54, 1.807) is 0 Å². The normalized spacial score (nSPS) is 9.50. The lowest BCUT2D eigenvalue weighted by atomic mass is 10.1. The smallest absolute Gasteiger partial charge is 0.258 e. The van der Waals surface area contributed by atoms with Crippen LogP contribution in [0.5, 0.6) is 0 Å². The third-order valence-electron chi connectivity index (χ3n) is 1.62. The summed E-state index contributed by atoms with van der Waals surface area (Å²) in [6.07, 6.45) is 0.0821. The van der Waals surface area contributed by atoms with E-state index < -0.39 is 4.92 Å². The number of nitriles is 1. The van der Waals surface area contributed by atoms with Gasteiger partial charge >= 0.3 is 0 Å². The van der Waals surface area contributed by atoms with Crippen LogP contribution in [0.1, 0.15) is 5.56 Å². The quantitative estimate of drug-likeness (QED) is 0.477. The summed E-state index contributed by atoms with van der Waals surface area (Å²) in [4.78, 5) is 10.1. The number of benzene rings is 1. The summed E-state index contributed by atoms with van der Waals surface area (Å²) in [5.74, 6) is 0. The van der Waals surface area contributed by atoms with Crippen molar-refractivity contribution in [1.29, 1.82) is 5.26 Å². The summed E-state index contributed by atoms with van der Waals surface area (Å²) in [7, 11) is 0. The van der Waals surface area contributed by atoms with E-state index in [1.807, 2.05) is 28.7 Å². The highest BCUT2D eigenvalue weighted by Crippen LogP contribution is 2.30. The van der Waals surface area contributed by atoms with Crippen molar-refractivity contribution >= 4 is 39.9 Å². The average Bonchev–Trinajstić information content (AvgIpc) is 2.11. The minimum absolute atomic E-state index is 0.0137. The molecule has 0 unspecified atom stereocenters. The Labute approximate surface area is 98.8 Å². The van der Waals surface area contributed by atoms with E-state index in [0.717, 1.165) is 0 Å². The zero-order valence-corrected chi connectivity index (χ0v) is 9.74. The maximum Gasteiger partial charge on any atom is 0.283 e. The molecule has 0 saturated carbocycles. The van der Waals surface area contributed by atoms with Crippen LogP contribution in [-0.2, 0) is 6.42 Å². The van der Waals surface area contributed by atoms with Gasteiger partial charge in [0.15, 0.2) is 0 Å². The van der Waals surface area contributed by atoms with Gasteiger partial charge in [0.05, 0.1) is 21.0 Å². The van der Waals surface area contributed by atoms with E-state index >= 15 is 0 Å². The lowest BCUT2D eigenvalue weighted by Crippen LogP contribution is -1.96. The van der Waals surface area contributed by atoms with Gasteiger partial charge in [-0.2, -0.15) is 5.26 Å². The fraction of sp³-hybridized carbons (Fsp3) is 0.125. The molecule has 0 aliphatic carbocycles. The van der Waals surface area contributed by atoms with Gasteiger partial charge in [0.25, 0.3) is 5.69 Å². The van der Waals surface area contributed by atoms with Crippen molar-refractivity contribution in [2.75, 3.05) is 0 Å². The van der Waals surface area contributed by atoms with Crippen molar-refractivity contribution in [2.24, 2.45) is 0 Å². The van der Waals surface area contributed by atoms with Gasteiger partial charge in [0.2, 0.25) is 0 Å². The fourth-order valence-electron chi connectivity index (χ4n) is 0.967. The number of hydrogen-bond donors (Lipinski definition) is 0. The molecule has 0 aromatic heterocycles. The van der Waals surface area contributed by atoms with Crippen molar-refractivity contribution in [3.05, 3.63) is 36.4 Å². The van der Waals surface area contributed by atoms with Crippen molar-refractivity contribution in [3.8, 4) is 6.07 Å². The van der Waals surface area contributed by atoms with E-state index in [2.05, 4.69) is 0 Å². The van der Waals surface area contributed by atoms with Gasteiger partial charge in [-0.05, 0) is 28.7 Å². The zero-order chi connectivity index (χ0) is 10.7. The molecule has 0 saturated heterocycles. The molecule has 0 heterocycles. The average molecular weight is 322 g/mol. The molecule has 6 heteroatoms. The van der Waals surface area contributed by atoms with Crippen LogP contribution in [0.2, 0.25) is 5.02 Å². The molecular weight excluding hydrogens is 318 g/mol. The fourth-order valence-corrected chi connectivity index (χ4v) is 2.21. The third-order valence-corrected chi connectivity index (χ3v) is 3.18. The molecule has 0 fully saturated rings. The summed E-state index contributed by atoms with van der Waals surface area (Å²) in [5.41, 5.74) is 0.504. The molecule has 0 N–H and O–H groups in total. The highest BCUT2D eigenvalue weighted by molar-refractivity contribution is 14.1. The van der Waals surface area contributed by atoms with Crippen LogP contribution in [0.3, 0.4) is 0 Å². The van der Waals surface area contributed by atoms with Crippen LogP contribution < -0.4 is 0 Å². The van der Waals surface area contributed by atoms with E-state index in [4.69, 9.17) is 16.9 Å². The first-order valence-electron chi connectivity index (χ1n) is 3.56. The minimum Gasteiger partial charge on any atom is -0.258 e. The summed E-state index contributed by atoms with van der Waals surface area (Å²) < 4.78 is 0.432. The number of nitro groups is 1. The molecule has 1 aromatic rings. The van der Waals surface area contributed by atoms with Crippen molar-refractivity contribution in [2.45, 2.75) is 6.42 Å². The summed E-state index contributed by atoms with van der Waals surface area (Å²) in [6, 6.07) is 4.70. The Bertz CT molecular complexity index is 428. The maximum absolute atomic E-state index is 10.6. The van der Waals surface area contributed by atoms with Crippen LogP contribution in [0, 0.1) is 25.0 Å². The van der Waals surface area contributed by atoms with Gasteiger partial charge < -0.3 is 0 Å². The standard InChI is InChI=1S/C8H4ClIN2O2/c9-6-1-2-7(12(13)14)8(10)5(6)3-4-11/h1-2H,3H2. The number of halogens is 2. The van der Waals surface area contributed by atoms with Gasteiger partial charge in [0.1, 0.15) is 0 Å². The molecule has 0 bridgehead atoms. The molecular formula is C8H4ClIN2O2. The molecule has 4 nitrogen and oxygen atoms in total. The van der Waals surface area contributed by atoms with Gasteiger partial charge in [-0.1, -0.05) is 11.6 Å². The van der Waals surface area contributed by atoms with Crippen LogP contribution in [0.25, 0.3) is 0 Å². The van der Waals surface area contributed by atoms with Crippen molar-refractivity contribution < 1.29 is 4.92 Å². The molecule has 1 rings (SSSR count). The Morgan fingerprint density at radius 3 is 2.79 bits per heavy atom. The van der Waals surface area contributed by atoms with E-state index in [0.29, 0.717) is 14.2 Å². The molecule has 0 amide bonds. The Kier molecular flexibility index (Phi) is 3.66. The Morgan fingerprint density at radius 1 is 1.64 bits per heavy atom. The second-order valence-corrected chi connectivity index (χ2v) is 3.94. The predicted molar refractivity (Wildman–Crippen MR) is 60.1 cm³/mol. The largest absolute Gasteiger partial charge is 0.283 e. The highest BCUT2D eigenvalue weighted by atomic mass is 127. The molecule has 72 valence electrons. The van der Waals surface area contributed by atoms with Gasteiger partial charge in [-0.3, -0.25) is 10.1 Å². The summed E-state index contributed by atoms with van der Waals surface area (Å²) >= 11 is 7.63. The number of rotatable bonds is 2. The monoisotopic (exact) mass is 322 g/mol. The molecule has 0 atom stereocenters. The maximum atomic E-state index is 10.6. The van der Waals surface area contributed by atoms with Crippen LogP contribution in [0.15, 0.2) is 12.1 Å². The Morgan fingerprint density at radius 2 is 2.29 bits per heavy atom. The zero-order valence-electron chi connectivity index (χ0n) is 6.83. The second-order valence-electron chi connectivity index (χ2n) is 2.45. The van der Waals surface area contributed by atoms with E-state index in [9.17, 15) is 10.1 Å². The number of hydrogen-bond acceptors (Lipinski definition) is 3. The topological polar surface area (TPSA) is 66.9 Å². The third kappa shape index (κ3) is 2.13. The van der Waals surface area contributed by atoms with Gasteiger partial charge in [-0.15, -0.1) is 0 Å². The lowest BCUT2D eigenvalue weighted by molar-refractivity contribution is -0.385. The molecule has 14 heavy (non-hydrogen) atoms. The van der Waals surface area contributed by atoms with E-state index in [1.165, 1.54) is 12.1 Å². The summed E-state index contributed by atoms with van der Waals surface area (Å²) in [5, 5.41) is 19.5. The van der Waals surface area contributed by atoms with E-state index in [-0.39, 0.29) is 12.1 Å². The molecule has 0 radical (unpaired) electrons. The Balaban J connectivity index is 3.35. The highest BCUT2D eigenvalue weighted by Gasteiger charge is 2.17. The Hall–Kier alpha value is -0.870. The number of nitro benzene ring substituents is 1. The SMILES string of the molecule is N#CCc1c(Cl)ccc([N+](=O)[O-])c1I. The minimum atomic E-state index is -0.487. The van der Waals surface area contributed by atoms with Crippen LogP contribution >= 0.6 is 34.2 Å². The first kappa shape index (κ1) is 11.2. The number of nitrogens with zero attached hydrogens (tertiary/aromatic N) is 2. The molecule has 0 aliphatic heterocycles. The predicted octanol–water partition coefficient (Wildman–Crippen LogP) is 2.92. The first-order chi connectivity index (χ1) is 6.57. The molecule has 1 aromatic carbocycles. The molecule has 0 aliphatic rings. The molecule has 0 spiro atoms. The summed E-state index contributed by atoms with van der Waals surface area (Å²) in [6.45, 7) is 0. The van der Waals surface area contributed by atoms with Gasteiger partial charge in [-0.25, -0.2) is 0 Å². The second kappa shape index (κ2) is 4.57. The van der Waals surface area contributed by atoms with Gasteiger partial charge in [0, 0.05) is 16.7 Å². The van der Waals surface area contributed by atoms with Crippen LogP contribution in [-0.4, -0.2) is 4.92 Å². The van der Waals surface area contributed by atoms with Crippen molar-refractivity contribution in [3.63, 3.8) is 0 Å². The first-order valence-corrected chi connectivity index (χ1v) is 5.01.